The first-order chi connectivity index (χ1) is 7.91. The van der Waals surface area contributed by atoms with E-state index in [9.17, 15) is 14.3 Å². The number of nitro benzene ring substituents is 1. The Morgan fingerprint density at radius 2 is 2.18 bits per heavy atom. The van der Waals surface area contributed by atoms with Crippen LogP contribution in [-0.4, -0.2) is 27.2 Å². The van der Waals surface area contributed by atoms with Crippen molar-refractivity contribution in [1.29, 1.82) is 0 Å². The van der Waals surface area contributed by atoms with Crippen molar-refractivity contribution in [2.75, 3.05) is 18.1 Å². The number of rotatable bonds is 5. The zero-order chi connectivity index (χ0) is 13.0. The van der Waals surface area contributed by atoms with E-state index in [0.29, 0.717) is 17.8 Å². The minimum Gasteiger partial charge on any atom is -0.384 e. The van der Waals surface area contributed by atoms with Gasteiger partial charge in [0.05, 0.1) is 4.92 Å². The number of nitrogens with zero attached hydrogens (tertiary/aromatic N) is 1. The monoisotopic (exact) mass is 256 g/mol. The van der Waals surface area contributed by atoms with Crippen molar-refractivity contribution < 1.29 is 9.13 Å². The minimum atomic E-state index is -0.899. The highest BCUT2D eigenvalue weighted by Crippen LogP contribution is 2.22. The van der Waals surface area contributed by atoms with Crippen LogP contribution in [0.3, 0.4) is 0 Å². The molecule has 5 nitrogen and oxygen atoms in total. The Morgan fingerprint density at radius 3 is 2.71 bits per heavy atom. The van der Waals surface area contributed by atoms with Gasteiger partial charge in [0.1, 0.15) is 0 Å². The van der Waals surface area contributed by atoms with E-state index in [1.54, 1.807) is 25.3 Å². The van der Waals surface area contributed by atoms with Crippen LogP contribution in [0.4, 0.5) is 11.4 Å². The van der Waals surface area contributed by atoms with E-state index in [1.807, 2.05) is 6.92 Å². The maximum atomic E-state index is 11.2. The molecule has 0 saturated carbocycles. The first-order valence-electron chi connectivity index (χ1n) is 5.23. The molecular weight excluding hydrogens is 240 g/mol. The first kappa shape index (κ1) is 13.6. The Bertz CT molecular complexity index is 448. The average molecular weight is 256 g/mol. The summed E-state index contributed by atoms with van der Waals surface area (Å²) in [6, 6.07) is 4.99. The Morgan fingerprint density at radius 1 is 1.53 bits per heavy atom. The summed E-state index contributed by atoms with van der Waals surface area (Å²) in [4.78, 5) is 10.3. The number of anilines is 1. The van der Waals surface area contributed by atoms with E-state index in [2.05, 4.69) is 5.32 Å². The molecule has 0 amide bonds. The van der Waals surface area contributed by atoms with Gasteiger partial charge in [-0.05, 0) is 19.9 Å². The number of aryl methyl sites for hydroxylation is 1. The maximum Gasteiger partial charge on any atom is 0.274 e. The zero-order valence-electron chi connectivity index (χ0n) is 10.1. The number of benzene rings is 1. The highest BCUT2D eigenvalue weighted by Gasteiger charge is 2.11. The summed E-state index contributed by atoms with van der Waals surface area (Å²) in [6.45, 7) is 4.10. The van der Waals surface area contributed by atoms with Gasteiger partial charge in [-0.2, -0.15) is 0 Å². The topological polar surface area (TPSA) is 72.2 Å². The summed E-state index contributed by atoms with van der Waals surface area (Å²) in [5.41, 5.74) is 1.41. The van der Waals surface area contributed by atoms with E-state index in [-0.39, 0.29) is 10.9 Å². The molecule has 0 spiro atoms. The molecular formula is C11H16N2O3S. The maximum absolute atomic E-state index is 11.2. The van der Waals surface area contributed by atoms with Gasteiger partial charge in [0, 0.05) is 46.2 Å². The molecule has 0 fully saturated rings. The first-order valence-corrected chi connectivity index (χ1v) is 6.85. The summed E-state index contributed by atoms with van der Waals surface area (Å²) in [5, 5.41) is 13.8. The van der Waals surface area contributed by atoms with Gasteiger partial charge in [-0.15, -0.1) is 0 Å². The van der Waals surface area contributed by atoms with Crippen LogP contribution in [-0.2, 0) is 10.8 Å². The normalized spacial score (nSPS) is 14.1. The van der Waals surface area contributed by atoms with Crippen molar-refractivity contribution >= 4 is 22.2 Å². The molecule has 1 aromatic rings. The smallest absolute Gasteiger partial charge is 0.274 e. The molecule has 0 radical (unpaired) electrons. The lowest BCUT2D eigenvalue weighted by Gasteiger charge is -2.11. The van der Waals surface area contributed by atoms with Crippen LogP contribution in [0.5, 0.6) is 0 Å². The van der Waals surface area contributed by atoms with Crippen LogP contribution in [0.1, 0.15) is 12.5 Å². The Labute approximate surface area is 103 Å². The van der Waals surface area contributed by atoms with Gasteiger partial charge in [0.25, 0.3) is 5.69 Å². The average Bonchev–Trinajstić information content (AvgIpc) is 2.26. The minimum absolute atomic E-state index is 0.00959. The number of nitro groups is 1. The Hall–Kier alpha value is -1.43. The van der Waals surface area contributed by atoms with Crippen LogP contribution in [0, 0.1) is 17.0 Å². The second-order valence-corrected chi connectivity index (χ2v) is 5.75. The predicted molar refractivity (Wildman–Crippen MR) is 69.9 cm³/mol. The van der Waals surface area contributed by atoms with Crippen molar-refractivity contribution in [2.45, 2.75) is 19.1 Å². The molecule has 0 heterocycles. The van der Waals surface area contributed by atoms with E-state index >= 15 is 0 Å². The van der Waals surface area contributed by atoms with Crippen LogP contribution >= 0.6 is 0 Å². The highest BCUT2D eigenvalue weighted by atomic mass is 32.2. The van der Waals surface area contributed by atoms with Gasteiger partial charge < -0.3 is 5.32 Å². The summed E-state index contributed by atoms with van der Waals surface area (Å²) >= 11 is 0. The van der Waals surface area contributed by atoms with Crippen molar-refractivity contribution in [3.63, 3.8) is 0 Å². The highest BCUT2D eigenvalue weighted by molar-refractivity contribution is 7.84. The van der Waals surface area contributed by atoms with Gasteiger partial charge in [-0.3, -0.25) is 14.3 Å². The molecule has 0 bridgehead atoms. The SMILES string of the molecule is Cc1ccc(NCC(C)S(C)=O)cc1[N+](=O)[O-]. The molecule has 2 atom stereocenters. The molecule has 1 N–H and O–H groups in total. The molecule has 0 aliphatic heterocycles. The quantitative estimate of drug-likeness (QED) is 0.646. The summed E-state index contributed by atoms with van der Waals surface area (Å²) in [7, 11) is -0.899. The fraction of sp³-hybridized carbons (Fsp3) is 0.455. The van der Waals surface area contributed by atoms with Crippen molar-refractivity contribution in [3.8, 4) is 0 Å². The van der Waals surface area contributed by atoms with Crippen LogP contribution in [0.15, 0.2) is 18.2 Å². The lowest BCUT2D eigenvalue weighted by molar-refractivity contribution is -0.385. The van der Waals surface area contributed by atoms with Gasteiger partial charge in [0.15, 0.2) is 0 Å². The molecule has 1 aromatic carbocycles. The largest absolute Gasteiger partial charge is 0.384 e. The molecule has 0 aromatic heterocycles. The fourth-order valence-corrected chi connectivity index (χ4v) is 1.61. The second kappa shape index (κ2) is 5.77. The third-order valence-corrected chi connectivity index (χ3v) is 3.87. The summed E-state index contributed by atoms with van der Waals surface area (Å²) in [6.07, 6.45) is 1.64. The van der Waals surface area contributed by atoms with Crippen LogP contribution in [0.25, 0.3) is 0 Å². The van der Waals surface area contributed by atoms with E-state index in [1.165, 1.54) is 6.07 Å². The van der Waals surface area contributed by atoms with Crippen LogP contribution in [0.2, 0.25) is 0 Å². The fourth-order valence-electron chi connectivity index (χ4n) is 1.29. The molecule has 0 aliphatic carbocycles. The van der Waals surface area contributed by atoms with Gasteiger partial charge >= 0.3 is 0 Å². The lowest BCUT2D eigenvalue weighted by atomic mass is 10.2. The standard InChI is InChI=1S/C11H16N2O3S/c1-8-4-5-10(6-11(8)13(14)15)12-7-9(2)17(3)16/h4-6,9,12H,7H2,1-3H3. The number of hydrogen-bond acceptors (Lipinski definition) is 4. The Kier molecular flexibility index (Phi) is 4.62. The zero-order valence-corrected chi connectivity index (χ0v) is 10.9. The molecule has 94 valence electrons. The number of hydrogen-bond donors (Lipinski definition) is 1. The third-order valence-electron chi connectivity index (χ3n) is 2.57. The van der Waals surface area contributed by atoms with Gasteiger partial charge in [-0.1, -0.05) is 6.07 Å². The molecule has 17 heavy (non-hydrogen) atoms. The van der Waals surface area contributed by atoms with Crippen molar-refractivity contribution in [2.24, 2.45) is 0 Å². The summed E-state index contributed by atoms with van der Waals surface area (Å²) in [5.74, 6) is 0. The van der Waals surface area contributed by atoms with E-state index in [4.69, 9.17) is 0 Å². The van der Waals surface area contributed by atoms with E-state index < -0.39 is 15.7 Å². The summed E-state index contributed by atoms with van der Waals surface area (Å²) < 4.78 is 11.2. The van der Waals surface area contributed by atoms with Crippen LogP contribution < -0.4 is 5.32 Å². The van der Waals surface area contributed by atoms with Crippen molar-refractivity contribution in [1.82, 2.24) is 0 Å². The third kappa shape index (κ3) is 3.81. The molecule has 0 saturated heterocycles. The van der Waals surface area contributed by atoms with E-state index in [0.717, 1.165) is 0 Å². The molecule has 1 rings (SSSR count). The predicted octanol–water partition coefficient (Wildman–Crippen LogP) is 2.08. The van der Waals surface area contributed by atoms with Crippen molar-refractivity contribution in [3.05, 3.63) is 33.9 Å². The molecule has 6 heteroatoms. The Balaban J connectivity index is 2.76. The number of nitrogens with one attached hydrogen (secondary N) is 1. The molecule has 0 aliphatic rings. The van der Waals surface area contributed by atoms with Gasteiger partial charge in [0.2, 0.25) is 0 Å². The lowest BCUT2D eigenvalue weighted by Crippen LogP contribution is -2.20. The molecule has 2 unspecified atom stereocenters. The second-order valence-electron chi connectivity index (χ2n) is 3.95. The van der Waals surface area contributed by atoms with Gasteiger partial charge in [-0.25, -0.2) is 0 Å².